The number of aryl methyl sites for hydroxylation is 1. The Labute approximate surface area is 188 Å². The molecule has 2 heterocycles. The Kier molecular flexibility index (Phi) is 6.70. The minimum Gasteiger partial charge on any atom is -0.493 e. The van der Waals surface area contributed by atoms with Crippen molar-refractivity contribution in [3.05, 3.63) is 70.8 Å². The second kappa shape index (κ2) is 9.31. The average molecular weight is 460 g/mol. The number of rotatable bonds is 4. The summed E-state index contributed by atoms with van der Waals surface area (Å²) < 4.78 is 41.7. The zero-order valence-electron chi connectivity index (χ0n) is 18.4. The molecule has 174 valence electrons. The van der Waals surface area contributed by atoms with E-state index in [1.807, 2.05) is 20.8 Å². The van der Waals surface area contributed by atoms with E-state index in [1.165, 1.54) is 22.9 Å². The molecule has 11 heteroatoms. The van der Waals surface area contributed by atoms with E-state index in [0.717, 1.165) is 12.1 Å². The van der Waals surface area contributed by atoms with E-state index in [9.17, 15) is 23.1 Å². The van der Waals surface area contributed by atoms with Gasteiger partial charge in [0.15, 0.2) is 17.5 Å². The van der Waals surface area contributed by atoms with Gasteiger partial charge in [-0.1, -0.05) is 26.8 Å². The van der Waals surface area contributed by atoms with E-state index in [2.05, 4.69) is 25.7 Å². The van der Waals surface area contributed by atoms with Gasteiger partial charge in [-0.15, -0.1) is 0 Å². The summed E-state index contributed by atoms with van der Waals surface area (Å²) in [5.74, 6) is -5.12. The van der Waals surface area contributed by atoms with Crippen LogP contribution in [-0.2, 0) is 19.0 Å². The second-order valence-corrected chi connectivity index (χ2v) is 8.29. The highest BCUT2D eigenvalue weighted by atomic mass is 19.2. The average Bonchev–Trinajstić information content (AvgIpc) is 3.12. The van der Waals surface area contributed by atoms with Crippen LogP contribution in [0.15, 0.2) is 41.4 Å². The first-order valence-corrected chi connectivity index (χ1v) is 9.92. The lowest BCUT2D eigenvalue weighted by Crippen LogP contribution is -2.32. The SMILES string of the molecule is Cn1nc(C(C)(C)C)cc1C(=O)/N=C(/NCc1cc(F)c(F)c(F)c1)Nc1cccc(O)n1. The molecule has 0 spiro atoms. The Morgan fingerprint density at radius 1 is 1.15 bits per heavy atom. The van der Waals surface area contributed by atoms with Crippen molar-refractivity contribution in [3.63, 3.8) is 0 Å². The summed E-state index contributed by atoms with van der Waals surface area (Å²) in [6.07, 6.45) is 0. The minimum absolute atomic E-state index is 0.0766. The van der Waals surface area contributed by atoms with E-state index >= 15 is 0 Å². The molecule has 0 bridgehead atoms. The molecule has 3 N–H and O–H groups in total. The minimum atomic E-state index is -1.57. The van der Waals surface area contributed by atoms with E-state index in [-0.39, 0.29) is 40.9 Å². The zero-order valence-corrected chi connectivity index (χ0v) is 18.4. The molecule has 0 saturated heterocycles. The fraction of sp³-hybridized carbons (Fsp3) is 0.273. The van der Waals surface area contributed by atoms with Crippen molar-refractivity contribution in [2.24, 2.45) is 12.0 Å². The number of pyridine rings is 1. The summed E-state index contributed by atoms with van der Waals surface area (Å²) in [5, 5.41) is 19.4. The molecule has 2 aromatic heterocycles. The fourth-order valence-corrected chi connectivity index (χ4v) is 2.81. The lowest BCUT2D eigenvalue weighted by atomic mass is 9.92. The first-order valence-electron chi connectivity index (χ1n) is 9.92. The second-order valence-electron chi connectivity index (χ2n) is 8.29. The van der Waals surface area contributed by atoms with E-state index in [1.54, 1.807) is 13.1 Å². The van der Waals surface area contributed by atoms with Crippen molar-refractivity contribution in [1.82, 2.24) is 20.1 Å². The molecule has 0 aliphatic heterocycles. The number of aromatic hydroxyl groups is 1. The molecule has 0 aliphatic carbocycles. The van der Waals surface area contributed by atoms with Crippen LogP contribution in [0.3, 0.4) is 0 Å². The van der Waals surface area contributed by atoms with Gasteiger partial charge in [0, 0.05) is 25.1 Å². The van der Waals surface area contributed by atoms with Crippen LogP contribution < -0.4 is 10.6 Å². The number of carbonyl (C=O) groups excluding carboxylic acids is 1. The number of benzene rings is 1. The number of guanidine groups is 1. The number of amides is 1. The fourth-order valence-electron chi connectivity index (χ4n) is 2.81. The molecular weight excluding hydrogens is 437 g/mol. The van der Waals surface area contributed by atoms with Crippen molar-refractivity contribution in [3.8, 4) is 5.88 Å². The van der Waals surface area contributed by atoms with Gasteiger partial charge in [-0.3, -0.25) is 9.48 Å². The van der Waals surface area contributed by atoms with Gasteiger partial charge in [-0.2, -0.15) is 15.1 Å². The van der Waals surface area contributed by atoms with Gasteiger partial charge in [-0.05, 0) is 29.8 Å². The predicted molar refractivity (Wildman–Crippen MR) is 116 cm³/mol. The van der Waals surface area contributed by atoms with Crippen molar-refractivity contribution in [2.45, 2.75) is 32.7 Å². The maximum atomic E-state index is 13.5. The Bertz CT molecular complexity index is 1190. The summed E-state index contributed by atoms with van der Waals surface area (Å²) in [6.45, 7) is 5.67. The van der Waals surface area contributed by atoms with Gasteiger partial charge in [-0.25, -0.2) is 13.2 Å². The van der Waals surface area contributed by atoms with E-state index in [0.29, 0.717) is 5.69 Å². The van der Waals surface area contributed by atoms with Gasteiger partial charge in [0.1, 0.15) is 11.5 Å². The Balaban J connectivity index is 1.90. The van der Waals surface area contributed by atoms with Crippen molar-refractivity contribution in [1.29, 1.82) is 0 Å². The Morgan fingerprint density at radius 3 is 2.39 bits per heavy atom. The van der Waals surface area contributed by atoms with Crippen LogP contribution in [0.5, 0.6) is 5.88 Å². The number of hydrogen-bond donors (Lipinski definition) is 3. The first kappa shape index (κ1) is 23.8. The lowest BCUT2D eigenvalue weighted by Gasteiger charge is -2.13. The molecule has 0 unspecified atom stereocenters. The first-order chi connectivity index (χ1) is 15.4. The molecule has 0 saturated carbocycles. The van der Waals surface area contributed by atoms with Gasteiger partial charge in [0.2, 0.25) is 11.8 Å². The number of nitrogens with zero attached hydrogens (tertiary/aromatic N) is 4. The molecule has 3 aromatic rings. The number of aromatic nitrogens is 3. The molecule has 0 atom stereocenters. The number of nitrogens with one attached hydrogen (secondary N) is 2. The highest BCUT2D eigenvalue weighted by Gasteiger charge is 2.22. The highest BCUT2D eigenvalue weighted by molar-refractivity contribution is 6.05. The molecule has 1 amide bonds. The van der Waals surface area contributed by atoms with Crippen LogP contribution in [0.1, 0.15) is 42.5 Å². The van der Waals surface area contributed by atoms with Crippen LogP contribution in [0, 0.1) is 17.5 Å². The summed E-state index contributed by atoms with van der Waals surface area (Å²) in [4.78, 5) is 20.8. The van der Waals surface area contributed by atoms with Crippen molar-refractivity contribution in [2.75, 3.05) is 5.32 Å². The predicted octanol–water partition coefficient (Wildman–Crippen LogP) is 3.63. The summed E-state index contributed by atoms with van der Waals surface area (Å²) >= 11 is 0. The maximum Gasteiger partial charge on any atom is 0.298 e. The smallest absolute Gasteiger partial charge is 0.298 e. The lowest BCUT2D eigenvalue weighted by molar-refractivity contribution is 0.0993. The number of aliphatic imine (C=N–C) groups is 1. The van der Waals surface area contributed by atoms with E-state index in [4.69, 9.17) is 0 Å². The molecule has 0 fully saturated rings. The normalized spacial score (nSPS) is 12.0. The molecule has 33 heavy (non-hydrogen) atoms. The van der Waals surface area contributed by atoms with Crippen molar-refractivity contribution < 1.29 is 23.1 Å². The zero-order chi connectivity index (χ0) is 24.3. The standard InChI is InChI=1S/C22H23F3N6O2/c1-22(2,3)16-10-15(31(4)30-16)20(33)29-21(28-17-6-5-7-18(32)27-17)26-11-12-8-13(23)19(25)14(24)9-12/h5-10H,11H2,1-4H3,(H3,26,27,28,29,32,33). The summed E-state index contributed by atoms with van der Waals surface area (Å²) in [7, 11) is 1.61. The van der Waals surface area contributed by atoms with Gasteiger partial charge in [0.05, 0.1) is 5.69 Å². The van der Waals surface area contributed by atoms with E-state index < -0.39 is 23.4 Å². The van der Waals surface area contributed by atoms with Crippen LogP contribution in [-0.4, -0.2) is 31.7 Å². The molecule has 8 nitrogen and oxygen atoms in total. The number of anilines is 1. The Morgan fingerprint density at radius 2 is 1.82 bits per heavy atom. The van der Waals surface area contributed by atoms with Crippen molar-refractivity contribution >= 4 is 17.7 Å². The third kappa shape index (κ3) is 5.88. The number of carbonyl (C=O) groups is 1. The number of halogens is 3. The molecule has 0 radical (unpaired) electrons. The molecule has 1 aromatic carbocycles. The molecular formula is C22H23F3N6O2. The largest absolute Gasteiger partial charge is 0.493 e. The topological polar surface area (TPSA) is 104 Å². The maximum absolute atomic E-state index is 13.5. The Hall–Kier alpha value is -3.89. The van der Waals surface area contributed by atoms with Crippen LogP contribution >= 0.6 is 0 Å². The van der Waals surface area contributed by atoms with Crippen LogP contribution in [0.2, 0.25) is 0 Å². The monoisotopic (exact) mass is 460 g/mol. The quantitative estimate of drug-likeness (QED) is 0.312. The number of hydrogen-bond acceptors (Lipinski definition) is 4. The molecule has 3 rings (SSSR count). The highest BCUT2D eigenvalue weighted by Crippen LogP contribution is 2.22. The third-order valence-electron chi connectivity index (χ3n) is 4.57. The third-order valence-corrected chi connectivity index (χ3v) is 4.57. The van der Waals surface area contributed by atoms with Gasteiger partial charge < -0.3 is 15.7 Å². The van der Waals surface area contributed by atoms with Gasteiger partial charge in [0.25, 0.3) is 5.91 Å². The summed E-state index contributed by atoms with van der Waals surface area (Å²) in [5.41, 5.74) is 0.691. The van der Waals surface area contributed by atoms with Crippen LogP contribution in [0.25, 0.3) is 0 Å². The summed E-state index contributed by atoms with van der Waals surface area (Å²) in [6, 6.07) is 7.67. The molecule has 0 aliphatic rings. The van der Waals surface area contributed by atoms with Gasteiger partial charge >= 0.3 is 0 Å². The van der Waals surface area contributed by atoms with Crippen LogP contribution in [0.4, 0.5) is 19.0 Å².